The topological polar surface area (TPSA) is 38.7 Å². The maximum Gasteiger partial charge on any atom is 0.367 e. The molecule has 0 fully saturated rings. The van der Waals surface area contributed by atoms with Crippen LogP contribution in [0.25, 0.3) is 17.2 Å². The summed E-state index contributed by atoms with van der Waals surface area (Å²) >= 11 is 0. The van der Waals surface area contributed by atoms with Crippen molar-refractivity contribution in [2.24, 2.45) is 5.16 Å². The summed E-state index contributed by atoms with van der Waals surface area (Å²) in [5.74, 6) is -0.387. The summed E-state index contributed by atoms with van der Waals surface area (Å²) in [6, 6.07) is 14.1. The first-order valence-corrected chi connectivity index (χ1v) is 5.71. The predicted molar refractivity (Wildman–Crippen MR) is 70.2 cm³/mol. The lowest BCUT2D eigenvalue weighted by molar-refractivity contribution is -0.136. The van der Waals surface area contributed by atoms with Gasteiger partial charge in [0.25, 0.3) is 0 Å². The Morgan fingerprint density at radius 3 is 2.72 bits per heavy atom. The molecular formula is C15H11NO2. The highest BCUT2D eigenvalue weighted by Crippen LogP contribution is 2.29. The van der Waals surface area contributed by atoms with E-state index in [4.69, 9.17) is 0 Å². The average Bonchev–Trinajstić information content (AvgIpc) is 2.78. The van der Waals surface area contributed by atoms with Crippen molar-refractivity contribution >= 4 is 17.8 Å². The van der Waals surface area contributed by atoms with Gasteiger partial charge < -0.3 is 4.84 Å². The highest BCUT2D eigenvalue weighted by molar-refractivity contribution is 6.24. The summed E-state index contributed by atoms with van der Waals surface area (Å²) in [7, 11) is 0. The number of rotatable bonds is 1. The van der Waals surface area contributed by atoms with Gasteiger partial charge in [0.05, 0.1) is 11.3 Å². The molecule has 0 unspecified atom stereocenters. The first-order chi connectivity index (χ1) is 8.75. The smallest absolute Gasteiger partial charge is 0.312 e. The average molecular weight is 237 g/mol. The van der Waals surface area contributed by atoms with E-state index < -0.39 is 0 Å². The van der Waals surface area contributed by atoms with Crippen molar-refractivity contribution in [3.8, 4) is 11.1 Å². The lowest BCUT2D eigenvalue weighted by Crippen LogP contribution is -2.01. The fourth-order valence-electron chi connectivity index (χ4n) is 2.04. The van der Waals surface area contributed by atoms with Crippen LogP contribution in [-0.2, 0) is 9.63 Å². The largest absolute Gasteiger partial charge is 0.367 e. The second kappa shape index (κ2) is 4.11. The van der Waals surface area contributed by atoms with Gasteiger partial charge in [0.15, 0.2) is 0 Å². The Morgan fingerprint density at radius 1 is 1.11 bits per heavy atom. The van der Waals surface area contributed by atoms with E-state index in [1.807, 2.05) is 48.5 Å². The molecule has 1 aliphatic heterocycles. The molecule has 1 heterocycles. The van der Waals surface area contributed by atoms with Gasteiger partial charge >= 0.3 is 5.97 Å². The van der Waals surface area contributed by atoms with Crippen LogP contribution in [0.3, 0.4) is 0 Å². The fraction of sp³-hybridized carbons (Fsp3) is 0.0667. The van der Waals surface area contributed by atoms with Crippen LogP contribution >= 0.6 is 0 Å². The molecule has 0 saturated carbocycles. The third-order valence-corrected chi connectivity index (χ3v) is 3.00. The van der Waals surface area contributed by atoms with Crippen LogP contribution in [0.2, 0.25) is 0 Å². The Balaban J connectivity index is 2.11. The quantitative estimate of drug-likeness (QED) is 0.564. The zero-order valence-electron chi connectivity index (χ0n) is 9.88. The minimum Gasteiger partial charge on any atom is -0.312 e. The lowest BCUT2D eigenvalue weighted by Gasteiger charge is -1.97. The van der Waals surface area contributed by atoms with Gasteiger partial charge in [-0.2, -0.15) is 0 Å². The van der Waals surface area contributed by atoms with Crippen molar-refractivity contribution in [1.82, 2.24) is 0 Å². The Morgan fingerprint density at radius 2 is 1.94 bits per heavy atom. The van der Waals surface area contributed by atoms with Crippen molar-refractivity contribution in [1.29, 1.82) is 0 Å². The second-order valence-electron chi connectivity index (χ2n) is 4.18. The van der Waals surface area contributed by atoms with Crippen LogP contribution in [0.5, 0.6) is 0 Å². The summed E-state index contributed by atoms with van der Waals surface area (Å²) in [5, 5.41) is 3.67. The van der Waals surface area contributed by atoms with Crippen LogP contribution in [0.15, 0.2) is 53.2 Å². The second-order valence-corrected chi connectivity index (χ2v) is 4.18. The zero-order chi connectivity index (χ0) is 12.5. The van der Waals surface area contributed by atoms with E-state index >= 15 is 0 Å². The summed E-state index contributed by atoms with van der Waals surface area (Å²) in [4.78, 5) is 16.1. The lowest BCUT2D eigenvalue weighted by atomic mass is 10.1. The molecule has 0 atom stereocenters. The molecule has 0 aromatic carbocycles. The van der Waals surface area contributed by atoms with Crippen LogP contribution in [0, 0.1) is 0 Å². The molecule has 0 spiro atoms. The van der Waals surface area contributed by atoms with Gasteiger partial charge in [0, 0.05) is 0 Å². The van der Waals surface area contributed by atoms with E-state index in [-0.39, 0.29) is 5.97 Å². The van der Waals surface area contributed by atoms with Gasteiger partial charge in [-0.15, -0.1) is 0 Å². The third kappa shape index (κ3) is 1.70. The van der Waals surface area contributed by atoms with Crippen molar-refractivity contribution in [3.63, 3.8) is 0 Å². The predicted octanol–water partition coefficient (Wildman–Crippen LogP) is 3.11. The van der Waals surface area contributed by atoms with Gasteiger partial charge in [-0.1, -0.05) is 47.6 Å². The number of carbonyl (C=O) groups excluding carboxylic acids is 1. The molecule has 3 rings (SSSR count). The molecule has 18 heavy (non-hydrogen) atoms. The minimum atomic E-state index is -0.387. The van der Waals surface area contributed by atoms with E-state index in [9.17, 15) is 4.79 Å². The Kier molecular flexibility index (Phi) is 2.45. The summed E-state index contributed by atoms with van der Waals surface area (Å²) in [6.45, 7) is 1.77. The summed E-state index contributed by atoms with van der Waals surface area (Å²) < 4.78 is 0. The Bertz CT molecular complexity index is 655. The minimum absolute atomic E-state index is 0.387. The number of nitrogens with zero attached hydrogens (tertiary/aromatic N) is 1. The third-order valence-electron chi connectivity index (χ3n) is 3.00. The number of fused-ring (bicyclic) bond motifs is 1. The van der Waals surface area contributed by atoms with Crippen LogP contribution in [0.1, 0.15) is 12.5 Å². The number of carbonyl (C=O) groups is 1. The van der Waals surface area contributed by atoms with E-state index in [2.05, 4.69) is 9.99 Å². The van der Waals surface area contributed by atoms with E-state index in [1.165, 1.54) is 0 Å². The first kappa shape index (κ1) is 10.7. The molecule has 0 aromatic rings. The molecular weight excluding hydrogens is 226 g/mol. The highest BCUT2D eigenvalue weighted by Gasteiger charge is 2.22. The zero-order valence-corrected chi connectivity index (χ0v) is 9.88. The van der Waals surface area contributed by atoms with Crippen LogP contribution in [0.4, 0.5) is 0 Å². The van der Waals surface area contributed by atoms with Crippen LogP contribution < -0.4 is 0 Å². The van der Waals surface area contributed by atoms with E-state index in [0.29, 0.717) is 11.3 Å². The molecule has 0 amide bonds. The van der Waals surface area contributed by atoms with Gasteiger partial charge in [0.2, 0.25) is 0 Å². The number of oxime groups is 1. The molecule has 0 saturated heterocycles. The normalized spacial score (nSPS) is 17.1. The van der Waals surface area contributed by atoms with Crippen molar-refractivity contribution in [2.75, 3.05) is 0 Å². The highest BCUT2D eigenvalue weighted by atomic mass is 16.7. The molecule has 3 heteroatoms. The molecule has 3 nitrogen and oxygen atoms in total. The monoisotopic (exact) mass is 237 g/mol. The van der Waals surface area contributed by atoms with Gasteiger partial charge in [-0.25, -0.2) is 4.79 Å². The van der Waals surface area contributed by atoms with Crippen molar-refractivity contribution in [2.45, 2.75) is 6.92 Å². The van der Waals surface area contributed by atoms with Gasteiger partial charge in [-0.05, 0) is 29.7 Å². The molecule has 3 aliphatic rings. The SMILES string of the molecule is CC1=NOC(=O)/C1=C\c1ccc2cccccc1-2. The standard InChI is InChI=1S/C15H11NO2/c1-10-14(15(17)18-16-10)9-12-8-7-11-5-3-2-4-6-13(11)12/h2-9H,1H3/b14-9-. The molecule has 88 valence electrons. The number of hydrogen-bond donors (Lipinski definition) is 0. The molecule has 0 N–H and O–H groups in total. The van der Waals surface area contributed by atoms with Gasteiger partial charge in [-0.3, -0.25) is 0 Å². The van der Waals surface area contributed by atoms with Gasteiger partial charge in [0.1, 0.15) is 0 Å². The first-order valence-electron chi connectivity index (χ1n) is 5.71. The van der Waals surface area contributed by atoms with Crippen molar-refractivity contribution < 1.29 is 9.63 Å². The Hall–Kier alpha value is -2.42. The molecule has 0 bridgehead atoms. The van der Waals surface area contributed by atoms with E-state index in [1.54, 1.807) is 6.92 Å². The maximum absolute atomic E-state index is 11.5. The van der Waals surface area contributed by atoms with Crippen molar-refractivity contribution in [3.05, 3.63) is 53.6 Å². The molecule has 0 aromatic heterocycles. The van der Waals surface area contributed by atoms with Crippen LogP contribution in [-0.4, -0.2) is 11.7 Å². The number of hydrogen-bond acceptors (Lipinski definition) is 3. The van der Waals surface area contributed by atoms with E-state index in [0.717, 1.165) is 16.7 Å². The maximum atomic E-state index is 11.5. The fourth-order valence-corrected chi connectivity index (χ4v) is 2.04. The summed E-state index contributed by atoms with van der Waals surface area (Å²) in [5.41, 5.74) is 4.40. The summed E-state index contributed by atoms with van der Waals surface area (Å²) in [6.07, 6.45) is 1.83. The molecule has 2 aliphatic carbocycles. The molecule has 0 radical (unpaired) electrons. The Labute approximate surface area is 105 Å².